The number of rotatable bonds is 6. The number of aromatic amines is 3. The van der Waals surface area contributed by atoms with Crippen molar-refractivity contribution >= 4 is 11.2 Å². The molecule has 0 amide bonds. The van der Waals surface area contributed by atoms with Gasteiger partial charge in [0, 0.05) is 6.42 Å². The zero-order valence-corrected chi connectivity index (χ0v) is 11.8. The summed E-state index contributed by atoms with van der Waals surface area (Å²) in [5, 5.41) is 0. The van der Waals surface area contributed by atoms with Gasteiger partial charge >= 0.3 is 5.69 Å². The molecule has 7 heteroatoms. The molecule has 2 aromatic heterocycles. The largest absolute Gasteiger partial charge is 0.336 e. The van der Waals surface area contributed by atoms with Gasteiger partial charge < -0.3 is 10.7 Å². The van der Waals surface area contributed by atoms with Gasteiger partial charge in [0.1, 0.15) is 11.3 Å². The fourth-order valence-corrected chi connectivity index (χ4v) is 2.45. The minimum Gasteiger partial charge on any atom is -0.336 e. The van der Waals surface area contributed by atoms with Crippen molar-refractivity contribution in [2.45, 2.75) is 33.1 Å². The minimum atomic E-state index is -0.538. The molecule has 0 fully saturated rings. The van der Waals surface area contributed by atoms with Crippen molar-refractivity contribution in [1.29, 1.82) is 0 Å². The lowest BCUT2D eigenvalue weighted by molar-refractivity contribution is 0.339. The molecule has 1 atom stereocenters. The van der Waals surface area contributed by atoms with Crippen LogP contribution < -0.4 is 17.0 Å². The molecule has 5 N–H and O–H groups in total. The predicted molar refractivity (Wildman–Crippen MR) is 77.7 cm³/mol. The van der Waals surface area contributed by atoms with E-state index < -0.39 is 11.2 Å². The smallest absolute Gasteiger partial charge is 0.327 e. The molecular weight excluding hydrogens is 258 g/mol. The highest BCUT2D eigenvalue weighted by Gasteiger charge is 2.14. The highest BCUT2D eigenvalue weighted by Crippen LogP contribution is 2.20. The first-order valence-corrected chi connectivity index (χ1v) is 6.92. The molecule has 0 bridgehead atoms. The van der Waals surface area contributed by atoms with E-state index >= 15 is 0 Å². The Hall–Kier alpha value is -1.89. The molecular formula is C13H21N5O2. The van der Waals surface area contributed by atoms with Gasteiger partial charge in [0.15, 0.2) is 5.65 Å². The first kappa shape index (κ1) is 14.5. The molecule has 110 valence electrons. The summed E-state index contributed by atoms with van der Waals surface area (Å²) in [5.41, 5.74) is 5.28. The summed E-state index contributed by atoms with van der Waals surface area (Å²) in [6.07, 6.45) is 2.67. The Morgan fingerprint density at radius 1 is 1.15 bits per heavy atom. The lowest BCUT2D eigenvalue weighted by atomic mass is 9.88. The molecule has 0 spiro atoms. The number of H-pyrrole nitrogens is 3. The molecule has 0 aliphatic rings. The molecule has 0 aromatic carbocycles. The molecule has 0 saturated heterocycles. The summed E-state index contributed by atoms with van der Waals surface area (Å²) in [6.45, 7) is 5.04. The van der Waals surface area contributed by atoms with Gasteiger partial charge in [0.2, 0.25) is 0 Å². The third-order valence-corrected chi connectivity index (χ3v) is 3.67. The quantitative estimate of drug-likeness (QED) is 0.615. The van der Waals surface area contributed by atoms with Crippen LogP contribution in [-0.4, -0.2) is 26.5 Å². The zero-order valence-electron chi connectivity index (χ0n) is 11.8. The Morgan fingerprint density at radius 3 is 2.55 bits per heavy atom. The van der Waals surface area contributed by atoms with Crippen molar-refractivity contribution in [2.75, 3.05) is 6.54 Å². The van der Waals surface area contributed by atoms with Crippen molar-refractivity contribution in [3.8, 4) is 0 Å². The highest BCUT2D eigenvalue weighted by atomic mass is 16.2. The normalized spacial score (nSPS) is 13.2. The minimum absolute atomic E-state index is 0.314. The van der Waals surface area contributed by atoms with E-state index in [0.717, 1.165) is 25.1 Å². The van der Waals surface area contributed by atoms with Gasteiger partial charge in [0.05, 0.1) is 0 Å². The van der Waals surface area contributed by atoms with Crippen molar-refractivity contribution in [1.82, 2.24) is 19.9 Å². The molecule has 0 radical (unpaired) electrons. The maximum Gasteiger partial charge on any atom is 0.327 e. The van der Waals surface area contributed by atoms with Crippen molar-refractivity contribution < 1.29 is 0 Å². The monoisotopic (exact) mass is 279 g/mol. The van der Waals surface area contributed by atoms with Gasteiger partial charge in [0.25, 0.3) is 5.56 Å². The van der Waals surface area contributed by atoms with E-state index in [4.69, 9.17) is 5.73 Å². The van der Waals surface area contributed by atoms with Crippen LogP contribution in [0, 0.1) is 11.8 Å². The van der Waals surface area contributed by atoms with Gasteiger partial charge in [-0.3, -0.25) is 14.8 Å². The van der Waals surface area contributed by atoms with Crippen LogP contribution in [0.25, 0.3) is 11.2 Å². The second-order valence-electron chi connectivity index (χ2n) is 5.44. The third kappa shape index (κ3) is 3.16. The zero-order chi connectivity index (χ0) is 14.7. The van der Waals surface area contributed by atoms with E-state index in [-0.39, 0.29) is 0 Å². The summed E-state index contributed by atoms with van der Waals surface area (Å²) in [6, 6.07) is 0. The van der Waals surface area contributed by atoms with Gasteiger partial charge in [-0.1, -0.05) is 13.8 Å². The number of hydrogen-bond acceptors (Lipinski definition) is 4. The number of nitrogens with one attached hydrogen (secondary N) is 3. The first-order valence-electron chi connectivity index (χ1n) is 6.92. The Labute approximate surface area is 116 Å². The summed E-state index contributed by atoms with van der Waals surface area (Å²) < 4.78 is 0. The van der Waals surface area contributed by atoms with E-state index in [1.165, 1.54) is 0 Å². The average Bonchev–Trinajstić information content (AvgIpc) is 2.77. The third-order valence-electron chi connectivity index (χ3n) is 3.67. The lowest BCUT2D eigenvalue weighted by Gasteiger charge is -2.19. The number of imidazole rings is 1. The second kappa shape index (κ2) is 6.04. The molecule has 2 aromatic rings. The van der Waals surface area contributed by atoms with E-state index in [9.17, 15) is 9.59 Å². The first-order chi connectivity index (χ1) is 9.51. The summed E-state index contributed by atoms with van der Waals surface area (Å²) in [4.78, 5) is 34.7. The van der Waals surface area contributed by atoms with Crippen LogP contribution in [0.5, 0.6) is 0 Å². The van der Waals surface area contributed by atoms with Crippen molar-refractivity contribution in [3.05, 3.63) is 26.7 Å². The predicted octanol–water partition coefficient (Wildman–Crippen LogP) is 0.493. The summed E-state index contributed by atoms with van der Waals surface area (Å²) in [7, 11) is 0. The number of hydrogen-bond donors (Lipinski definition) is 4. The maximum absolute atomic E-state index is 11.6. The Kier molecular flexibility index (Phi) is 4.39. The molecule has 0 aliphatic heterocycles. The molecule has 1 unspecified atom stereocenters. The second-order valence-corrected chi connectivity index (χ2v) is 5.44. The van der Waals surface area contributed by atoms with Gasteiger partial charge in [-0.2, -0.15) is 0 Å². The topological polar surface area (TPSA) is 120 Å². The number of nitrogens with two attached hydrogens (primary N) is 1. The van der Waals surface area contributed by atoms with Crippen LogP contribution in [0.3, 0.4) is 0 Å². The van der Waals surface area contributed by atoms with Crippen molar-refractivity contribution in [2.24, 2.45) is 17.6 Å². The molecule has 20 heavy (non-hydrogen) atoms. The van der Waals surface area contributed by atoms with Crippen LogP contribution in [0.1, 0.15) is 32.5 Å². The SMILES string of the molecule is CC(C)C(CCN)CCc1nc2[nH]c(=O)[nH]c(=O)c2[nH]1. The summed E-state index contributed by atoms with van der Waals surface area (Å²) >= 11 is 0. The number of nitrogens with zero attached hydrogens (tertiary/aromatic N) is 1. The standard InChI is InChI=1S/C13H21N5O2/c1-7(2)8(5-6-14)3-4-9-15-10-11(16-9)17-13(20)18-12(10)19/h7-8H,3-6,14H2,1-2H3,(H3,15,16,17,18,19,20). The maximum atomic E-state index is 11.6. The Bertz CT molecular complexity index is 682. The van der Waals surface area contributed by atoms with Gasteiger partial charge in [-0.15, -0.1) is 0 Å². The highest BCUT2D eigenvalue weighted by molar-refractivity contribution is 5.68. The molecule has 2 rings (SSSR count). The van der Waals surface area contributed by atoms with E-state index in [1.54, 1.807) is 0 Å². The van der Waals surface area contributed by atoms with Crippen LogP contribution in [0.4, 0.5) is 0 Å². The van der Waals surface area contributed by atoms with Crippen LogP contribution >= 0.6 is 0 Å². The van der Waals surface area contributed by atoms with E-state index in [1.807, 2.05) is 0 Å². The molecule has 0 saturated carbocycles. The van der Waals surface area contributed by atoms with E-state index in [2.05, 4.69) is 33.8 Å². The molecule has 7 nitrogen and oxygen atoms in total. The fourth-order valence-electron chi connectivity index (χ4n) is 2.45. The number of aryl methyl sites for hydroxylation is 1. The summed E-state index contributed by atoms with van der Waals surface area (Å²) in [5.74, 6) is 1.81. The fraction of sp³-hybridized carbons (Fsp3) is 0.615. The van der Waals surface area contributed by atoms with Crippen LogP contribution in [-0.2, 0) is 6.42 Å². The average molecular weight is 279 g/mol. The number of fused-ring (bicyclic) bond motifs is 1. The lowest BCUT2D eigenvalue weighted by Crippen LogP contribution is -2.21. The van der Waals surface area contributed by atoms with Crippen LogP contribution in [0.15, 0.2) is 9.59 Å². The number of aromatic nitrogens is 4. The van der Waals surface area contributed by atoms with Gasteiger partial charge in [-0.25, -0.2) is 9.78 Å². The molecule has 0 aliphatic carbocycles. The Morgan fingerprint density at radius 2 is 1.90 bits per heavy atom. The molecule has 2 heterocycles. The van der Waals surface area contributed by atoms with Crippen molar-refractivity contribution in [3.63, 3.8) is 0 Å². The van der Waals surface area contributed by atoms with Gasteiger partial charge in [-0.05, 0) is 31.2 Å². The Balaban J connectivity index is 2.16. The van der Waals surface area contributed by atoms with E-state index in [0.29, 0.717) is 29.5 Å². The van der Waals surface area contributed by atoms with Crippen LogP contribution in [0.2, 0.25) is 0 Å².